The van der Waals surface area contributed by atoms with E-state index in [2.05, 4.69) is 25.0 Å². The lowest BCUT2D eigenvalue weighted by Crippen LogP contribution is -2.46. The number of phenolic OH excluding ortho intramolecular Hbond substituents is 1. The number of fused-ring (bicyclic) bond motifs is 5. The molecular formula is C44H52N2O10Si. The van der Waals surface area contributed by atoms with Crippen LogP contribution in [0.4, 0.5) is 4.79 Å². The van der Waals surface area contributed by atoms with Gasteiger partial charge in [-0.25, -0.2) is 9.59 Å². The number of amides is 2. The number of ketones is 1. The van der Waals surface area contributed by atoms with Crippen molar-refractivity contribution in [3.05, 3.63) is 113 Å². The Morgan fingerprint density at radius 3 is 2.18 bits per heavy atom. The van der Waals surface area contributed by atoms with Crippen LogP contribution in [0.2, 0.25) is 25.7 Å². The average molecular weight is 797 g/mol. The number of methoxy groups -OCH3 is 1. The highest BCUT2D eigenvalue weighted by molar-refractivity contribution is 6.76. The number of likely N-dealkylation sites (N-methyl/N-ethyl adjacent to an activating group) is 1. The van der Waals surface area contributed by atoms with E-state index in [1.807, 2.05) is 60.7 Å². The van der Waals surface area contributed by atoms with Crippen LogP contribution >= 0.6 is 0 Å². The van der Waals surface area contributed by atoms with Gasteiger partial charge in [-0.3, -0.25) is 14.5 Å². The Balaban J connectivity index is 1.66. The van der Waals surface area contributed by atoms with Crippen LogP contribution in [0.25, 0.3) is 11.1 Å². The van der Waals surface area contributed by atoms with E-state index in [1.165, 1.54) is 20.2 Å². The Labute approximate surface area is 335 Å². The van der Waals surface area contributed by atoms with Gasteiger partial charge in [0.2, 0.25) is 5.91 Å². The number of hydrogen-bond donors (Lipinski definition) is 2. The molecule has 12 nitrogen and oxygen atoms in total. The van der Waals surface area contributed by atoms with Crippen LogP contribution in [-0.2, 0) is 48.2 Å². The van der Waals surface area contributed by atoms with Gasteiger partial charge in [-0.05, 0) is 52.6 Å². The van der Waals surface area contributed by atoms with Crippen molar-refractivity contribution in [3.8, 4) is 28.4 Å². The Kier molecular flexibility index (Phi) is 14.5. The van der Waals surface area contributed by atoms with Gasteiger partial charge in [-0.15, -0.1) is 0 Å². The van der Waals surface area contributed by atoms with Crippen LogP contribution in [0.1, 0.15) is 41.6 Å². The molecule has 0 radical (unpaired) electrons. The second kappa shape index (κ2) is 19.5. The molecule has 1 heterocycles. The number of nitrogens with one attached hydrogen (secondary N) is 1. The van der Waals surface area contributed by atoms with Crippen molar-refractivity contribution in [1.82, 2.24) is 10.2 Å². The van der Waals surface area contributed by atoms with E-state index < -0.39 is 49.8 Å². The molecule has 13 heteroatoms. The van der Waals surface area contributed by atoms with Gasteiger partial charge in [0.15, 0.2) is 24.1 Å². The van der Waals surface area contributed by atoms with Crippen molar-refractivity contribution < 1.29 is 48.0 Å². The van der Waals surface area contributed by atoms with Gasteiger partial charge < -0.3 is 34.1 Å². The van der Waals surface area contributed by atoms with Gasteiger partial charge in [0.1, 0.15) is 31.0 Å². The number of carbonyl (C=O) groups is 4. The minimum Gasteiger partial charge on any atom is -0.504 e. The number of benzene rings is 4. The highest BCUT2D eigenvalue weighted by atomic mass is 28.3. The molecule has 2 N–H and O–H groups in total. The standard InChI is InChI=1S/C44H52N2O10Si/c1-29-21-37(47)40(46(2)44(51)55-27-31-15-11-8-12-16-31)33-24-35(41(38(48)25-33)56-28-53-19-20-57(4,5)6)34-22-32(23-36(43(50)52-3)45-42(29)49)17-18-39(34)54-26-30-13-9-7-10-14-30/h7-18,22,24-25,29,36,40,48H,19-21,23,26-28H2,1-6H3,(H,45,49)/t29-,36+,40+/m1/s1. The van der Waals surface area contributed by atoms with Gasteiger partial charge in [0, 0.05) is 51.6 Å². The predicted octanol–water partition coefficient (Wildman–Crippen LogP) is 7.45. The van der Waals surface area contributed by atoms with Crippen LogP contribution in [0.15, 0.2) is 91.0 Å². The maximum atomic E-state index is 14.4. The van der Waals surface area contributed by atoms with Crippen LogP contribution in [0.5, 0.6) is 17.2 Å². The molecule has 4 aromatic rings. The summed E-state index contributed by atoms with van der Waals surface area (Å²) in [5, 5.41) is 14.6. The highest BCUT2D eigenvalue weighted by Crippen LogP contribution is 2.45. The number of rotatable bonds is 13. The summed E-state index contributed by atoms with van der Waals surface area (Å²) in [6, 6.07) is 25.6. The van der Waals surface area contributed by atoms with Gasteiger partial charge in [0.25, 0.3) is 0 Å². The molecule has 4 aromatic carbocycles. The van der Waals surface area contributed by atoms with Crippen molar-refractivity contribution in [3.63, 3.8) is 0 Å². The SMILES string of the molecule is COC(=O)[C@@H]1Cc2ccc(OCc3ccccc3)c(c2)-c2cc(cc(O)c2OCOCC[Si](C)(C)C)[C@H](N(C)C(=O)OCc2ccccc2)C(=O)C[C@@H](C)C(=O)N1. The Bertz CT molecular complexity index is 2020. The minimum atomic E-state index is -1.40. The van der Waals surface area contributed by atoms with E-state index in [1.54, 1.807) is 31.2 Å². The maximum absolute atomic E-state index is 14.4. The smallest absolute Gasteiger partial charge is 0.410 e. The summed E-state index contributed by atoms with van der Waals surface area (Å²) in [6.07, 6.45) is -1.06. The molecule has 302 valence electrons. The quantitative estimate of drug-likeness (QED) is 0.0605. The average Bonchev–Trinajstić information content (AvgIpc) is 3.19. The fraction of sp³-hybridized carbons (Fsp3) is 0.364. The Hall–Kier alpha value is -5.66. The number of esters is 1. The zero-order chi connectivity index (χ0) is 41.1. The largest absolute Gasteiger partial charge is 0.504 e. The van der Waals surface area contributed by atoms with E-state index in [9.17, 15) is 24.3 Å². The fourth-order valence-corrected chi connectivity index (χ4v) is 7.16. The molecule has 4 bridgehead atoms. The first-order valence-corrected chi connectivity index (χ1v) is 22.7. The van der Waals surface area contributed by atoms with Gasteiger partial charge >= 0.3 is 12.1 Å². The summed E-state index contributed by atoms with van der Waals surface area (Å²) in [5.41, 5.74) is 3.33. The normalized spacial score (nSPS) is 17.1. The van der Waals surface area contributed by atoms with Crippen LogP contribution in [0.3, 0.4) is 0 Å². The van der Waals surface area contributed by atoms with E-state index in [4.69, 9.17) is 23.7 Å². The van der Waals surface area contributed by atoms with Crippen molar-refractivity contribution in [2.75, 3.05) is 27.6 Å². The van der Waals surface area contributed by atoms with Crippen LogP contribution in [-0.4, -0.2) is 75.4 Å². The highest BCUT2D eigenvalue weighted by Gasteiger charge is 2.35. The molecule has 2 amide bonds. The fourth-order valence-electron chi connectivity index (χ4n) is 6.40. The molecular weight excluding hydrogens is 745 g/mol. The monoisotopic (exact) mass is 796 g/mol. The maximum Gasteiger partial charge on any atom is 0.410 e. The van der Waals surface area contributed by atoms with Crippen molar-refractivity contribution >= 4 is 31.8 Å². The van der Waals surface area contributed by atoms with Crippen molar-refractivity contribution in [2.24, 2.45) is 5.92 Å². The Morgan fingerprint density at radius 2 is 1.53 bits per heavy atom. The summed E-state index contributed by atoms with van der Waals surface area (Å²) in [7, 11) is 1.26. The Morgan fingerprint density at radius 1 is 0.860 bits per heavy atom. The zero-order valence-corrected chi connectivity index (χ0v) is 34.4. The lowest BCUT2D eigenvalue weighted by atomic mass is 9.89. The zero-order valence-electron chi connectivity index (χ0n) is 33.4. The third-order valence-corrected chi connectivity index (χ3v) is 11.3. The molecule has 3 atom stereocenters. The van der Waals surface area contributed by atoms with Crippen LogP contribution < -0.4 is 14.8 Å². The van der Waals surface area contributed by atoms with E-state index in [-0.39, 0.29) is 49.9 Å². The third kappa shape index (κ3) is 11.7. The van der Waals surface area contributed by atoms with Gasteiger partial charge in [0.05, 0.1) is 7.11 Å². The molecule has 0 spiro atoms. The number of ether oxygens (including phenoxy) is 5. The second-order valence-corrected chi connectivity index (χ2v) is 21.0. The molecule has 5 rings (SSSR count). The topological polar surface area (TPSA) is 150 Å². The molecule has 1 aliphatic rings. The minimum absolute atomic E-state index is 0.0470. The molecule has 0 aromatic heterocycles. The number of aromatic hydroxyl groups is 1. The molecule has 0 saturated heterocycles. The van der Waals surface area contributed by atoms with E-state index >= 15 is 0 Å². The second-order valence-electron chi connectivity index (χ2n) is 15.4. The van der Waals surface area contributed by atoms with Crippen molar-refractivity contribution in [1.29, 1.82) is 0 Å². The first-order chi connectivity index (χ1) is 27.2. The molecule has 0 saturated carbocycles. The molecule has 1 aliphatic heterocycles. The molecule has 0 unspecified atom stereocenters. The number of nitrogens with zero attached hydrogens (tertiary/aromatic N) is 1. The molecule has 0 fully saturated rings. The predicted molar refractivity (Wildman–Crippen MR) is 217 cm³/mol. The van der Waals surface area contributed by atoms with E-state index in [0.29, 0.717) is 29.0 Å². The first-order valence-electron chi connectivity index (χ1n) is 19.0. The number of hydrogen-bond acceptors (Lipinski definition) is 10. The van der Waals surface area contributed by atoms with E-state index in [0.717, 1.165) is 22.1 Å². The van der Waals surface area contributed by atoms with Crippen LogP contribution in [0, 0.1) is 5.92 Å². The number of carbonyl (C=O) groups excluding carboxylic acids is 4. The molecule has 57 heavy (non-hydrogen) atoms. The van der Waals surface area contributed by atoms with Crippen molar-refractivity contribution in [2.45, 2.75) is 70.7 Å². The number of phenols is 1. The van der Waals surface area contributed by atoms with Gasteiger partial charge in [-0.1, -0.05) is 93.3 Å². The lowest BCUT2D eigenvalue weighted by Gasteiger charge is -2.29. The summed E-state index contributed by atoms with van der Waals surface area (Å²) < 4.78 is 29.2. The summed E-state index contributed by atoms with van der Waals surface area (Å²) in [4.78, 5) is 55.8. The molecule has 0 aliphatic carbocycles. The first kappa shape index (κ1) is 42.5. The number of Topliss-reactive ketones (excluding diaryl/α,β-unsaturated/α-hetero) is 1. The summed E-state index contributed by atoms with van der Waals surface area (Å²) >= 11 is 0. The summed E-state index contributed by atoms with van der Waals surface area (Å²) in [6.45, 7) is 8.74. The third-order valence-electron chi connectivity index (χ3n) is 9.64. The lowest BCUT2D eigenvalue weighted by molar-refractivity contribution is -0.145. The summed E-state index contributed by atoms with van der Waals surface area (Å²) in [5.74, 6) is -2.48. The van der Waals surface area contributed by atoms with Gasteiger partial charge in [-0.2, -0.15) is 0 Å².